The molecule has 2 aromatic heterocycles. The molecule has 2 heterocycles. The maximum absolute atomic E-state index is 6.48. The number of para-hydroxylation sites is 3. The highest BCUT2D eigenvalue weighted by atomic mass is 16.3. The first kappa shape index (κ1) is 38.0. The van der Waals surface area contributed by atoms with Crippen LogP contribution >= 0.6 is 0 Å². The van der Waals surface area contributed by atoms with E-state index in [-0.39, 0.29) is 0 Å². The van der Waals surface area contributed by atoms with E-state index in [2.05, 4.69) is 211 Å². The maximum Gasteiger partial charge on any atom is 0.143 e. The monoisotopic (exact) mass is 850 g/mol. The van der Waals surface area contributed by atoms with Gasteiger partial charge in [-0.3, -0.25) is 0 Å². The Labute approximate surface area is 385 Å². The van der Waals surface area contributed by atoms with Gasteiger partial charge in [-0.05, 0) is 149 Å². The standard InChI is InChI=1S/C63H50N2O/c1-40-34-45-35-46-38-63(37-40,39-58(45)46)47-25-31-50(32-26-47)64(49-29-22-43(23-30-49)53-16-9-17-57-55-15-5-7-19-60(55)66-62(53)57)48-27-20-41(21-28-48)44-11-8-12-51(36-44)65-59-18-6-4-14-54(59)56-33-24-42-10-2-3-13-52(42)61(56)65/h2-33,36,40,45-46,58H,34-35,37-39H2,1H3/t40-,45-,46-,58?,63?/m0/s1. The van der Waals surface area contributed by atoms with Gasteiger partial charge in [0, 0.05) is 55.2 Å². The summed E-state index contributed by atoms with van der Waals surface area (Å²) in [6, 6.07) is 74.0. The lowest BCUT2D eigenvalue weighted by Crippen LogP contribution is -2.34. The smallest absolute Gasteiger partial charge is 0.143 e. The zero-order valence-corrected chi connectivity index (χ0v) is 37.2. The summed E-state index contributed by atoms with van der Waals surface area (Å²) >= 11 is 0. The van der Waals surface area contributed by atoms with Crippen LogP contribution in [-0.2, 0) is 5.41 Å². The van der Waals surface area contributed by atoms with E-state index in [9.17, 15) is 0 Å². The summed E-state index contributed by atoms with van der Waals surface area (Å²) in [4.78, 5) is 2.43. The molecule has 0 N–H and O–H groups in total. The van der Waals surface area contributed by atoms with Crippen LogP contribution < -0.4 is 4.90 Å². The van der Waals surface area contributed by atoms with Crippen molar-refractivity contribution in [2.75, 3.05) is 4.90 Å². The van der Waals surface area contributed by atoms with Crippen LogP contribution in [0, 0.1) is 23.7 Å². The van der Waals surface area contributed by atoms with Crippen LogP contribution in [0.15, 0.2) is 205 Å². The number of nitrogens with zero attached hydrogens (tertiary/aromatic N) is 2. The van der Waals surface area contributed by atoms with E-state index >= 15 is 0 Å². The lowest BCUT2D eigenvalue weighted by molar-refractivity contribution is 0.0780. The molecule has 318 valence electrons. The summed E-state index contributed by atoms with van der Waals surface area (Å²) in [7, 11) is 0. The Bertz CT molecular complexity index is 3670. The van der Waals surface area contributed by atoms with Crippen molar-refractivity contribution in [3.8, 4) is 27.9 Å². The lowest BCUT2D eigenvalue weighted by atomic mass is 9.63. The molecule has 66 heavy (non-hydrogen) atoms. The van der Waals surface area contributed by atoms with Gasteiger partial charge in [0.25, 0.3) is 0 Å². The first-order chi connectivity index (χ1) is 32.5. The second kappa shape index (κ2) is 14.6. The number of benzene rings is 9. The third-order valence-electron chi connectivity index (χ3n) is 16.2. The molecule has 0 radical (unpaired) electrons. The van der Waals surface area contributed by atoms with E-state index in [0.717, 1.165) is 73.8 Å². The third kappa shape index (κ3) is 5.82. The summed E-state index contributed by atoms with van der Waals surface area (Å²) in [5.41, 5.74) is 15.4. The molecule has 2 unspecified atom stereocenters. The summed E-state index contributed by atoms with van der Waals surface area (Å²) in [5.74, 6) is 3.63. The van der Waals surface area contributed by atoms with Crippen molar-refractivity contribution in [1.29, 1.82) is 0 Å². The number of hydrogen-bond donors (Lipinski definition) is 0. The maximum atomic E-state index is 6.48. The van der Waals surface area contributed by atoms with Crippen molar-refractivity contribution in [3.05, 3.63) is 206 Å². The molecule has 9 aromatic carbocycles. The highest BCUT2D eigenvalue weighted by Crippen LogP contribution is 2.65. The van der Waals surface area contributed by atoms with Gasteiger partial charge in [0.1, 0.15) is 11.2 Å². The molecule has 3 fully saturated rings. The fourth-order valence-corrected chi connectivity index (χ4v) is 13.4. The summed E-state index contributed by atoms with van der Waals surface area (Å²) < 4.78 is 8.94. The van der Waals surface area contributed by atoms with Crippen LogP contribution in [0.5, 0.6) is 0 Å². The van der Waals surface area contributed by atoms with Gasteiger partial charge >= 0.3 is 0 Å². The number of hydrogen-bond acceptors (Lipinski definition) is 2. The van der Waals surface area contributed by atoms with E-state index in [1.165, 1.54) is 81.5 Å². The van der Waals surface area contributed by atoms with Crippen molar-refractivity contribution in [2.24, 2.45) is 23.7 Å². The molecular weight excluding hydrogens is 801 g/mol. The molecule has 3 heteroatoms. The van der Waals surface area contributed by atoms with Gasteiger partial charge in [0.15, 0.2) is 0 Å². The average molecular weight is 851 g/mol. The van der Waals surface area contributed by atoms with Gasteiger partial charge in [0.05, 0.1) is 11.0 Å². The van der Waals surface area contributed by atoms with Crippen molar-refractivity contribution < 1.29 is 4.42 Å². The molecule has 3 aliphatic carbocycles. The zero-order valence-electron chi connectivity index (χ0n) is 37.2. The van der Waals surface area contributed by atoms with Crippen LogP contribution in [0.25, 0.3) is 82.5 Å². The number of anilines is 3. The fraction of sp³-hybridized carbons (Fsp3) is 0.175. The minimum Gasteiger partial charge on any atom is -0.455 e. The Morgan fingerprint density at radius 3 is 2.00 bits per heavy atom. The lowest BCUT2D eigenvalue weighted by Gasteiger charge is -2.42. The minimum absolute atomic E-state index is 0.325. The Hall–Kier alpha value is -7.36. The molecule has 0 amide bonds. The highest BCUT2D eigenvalue weighted by Gasteiger charge is 2.57. The average Bonchev–Trinajstić information content (AvgIpc) is 3.99. The Morgan fingerprint density at radius 2 is 1.18 bits per heavy atom. The van der Waals surface area contributed by atoms with Crippen molar-refractivity contribution in [1.82, 2.24) is 4.57 Å². The van der Waals surface area contributed by atoms with Crippen LogP contribution in [0.3, 0.4) is 0 Å². The number of furan rings is 1. The molecule has 2 bridgehead atoms. The second-order valence-corrected chi connectivity index (χ2v) is 20.0. The number of fused-ring (bicyclic) bond motifs is 9. The van der Waals surface area contributed by atoms with Crippen molar-refractivity contribution >= 4 is 71.6 Å². The molecule has 5 atom stereocenters. The molecule has 3 aliphatic rings. The Morgan fingerprint density at radius 1 is 0.500 bits per heavy atom. The van der Waals surface area contributed by atoms with Crippen LogP contribution in [0.4, 0.5) is 17.1 Å². The fourth-order valence-electron chi connectivity index (χ4n) is 13.4. The number of rotatable bonds is 7. The minimum atomic E-state index is 0.325. The van der Waals surface area contributed by atoms with Crippen LogP contribution in [0.1, 0.15) is 44.6 Å². The van der Waals surface area contributed by atoms with Crippen LogP contribution in [-0.4, -0.2) is 4.57 Å². The van der Waals surface area contributed by atoms with Crippen LogP contribution in [0.2, 0.25) is 0 Å². The third-order valence-corrected chi connectivity index (χ3v) is 16.2. The summed E-state index contributed by atoms with van der Waals surface area (Å²) in [5, 5.41) is 7.37. The van der Waals surface area contributed by atoms with E-state index in [4.69, 9.17) is 4.42 Å². The molecule has 0 aliphatic heterocycles. The Kier molecular flexibility index (Phi) is 8.38. The quantitative estimate of drug-likeness (QED) is 0.159. The van der Waals surface area contributed by atoms with Gasteiger partial charge in [-0.2, -0.15) is 0 Å². The van der Waals surface area contributed by atoms with E-state index in [1.54, 1.807) is 5.56 Å². The van der Waals surface area contributed by atoms with Gasteiger partial charge in [0.2, 0.25) is 0 Å². The van der Waals surface area contributed by atoms with Gasteiger partial charge < -0.3 is 13.9 Å². The van der Waals surface area contributed by atoms with Crippen molar-refractivity contribution in [2.45, 2.75) is 44.4 Å². The largest absolute Gasteiger partial charge is 0.455 e. The molecule has 14 rings (SSSR count). The highest BCUT2D eigenvalue weighted by molar-refractivity contribution is 6.18. The normalized spacial score (nSPS) is 21.2. The van der Waals surface area contributed by atoms with Gasteiger partial charge in [-0.1, -0.05) is 146 Å². The second-order valence-electron chi connectivity index (χ2n) is 20.0. The molecule has 3 nitrogen and oxygen atoms in total. The topological polar surface area (TPSA) is 21.3 Å². The predicted octanol–water partition coefficient (Wildman–Crippen LogP) is 17.4. The molecule has 0 spiro atoms. The van der Waals surface area contributed by atoms with Gasteiger partial charge in [-0.25, -0.2) is 0 Å². The molecule has 11 aromatic rings. The molecule has 0 saturated heterocycles. The molecule has 3 saturated carbocycles. The molecular formula is C63H50N2O. The summed E-state index contributed by atoms with van der Waals surface area (Å²) in [6.07, 6.45) is 6.96. The van der Waals surface area contributed by atoms with Crippen molar-refractivity contribution in [3.63, 3.8) is 0 Å². The van der Waals surface area contributed by atoms with E-state index in [1.807, 2.05) is 6.07 Å². The Balaban J connectivity index is 0.850. The summed E-state index contributed by atoms with van der Waals surface area (Å²) in [6.45, 7) is 2.51. The van der Waals surface area contributed by atoms with E-state index in [0.29, 0.717) is 5.41 Å². The van der Waals surface area contributed by atoms with E-state index < -0.39 is 0 Å². The predicted molar refractivity (Wildman–Crippen MR) is 276 cm³/mol. The SMILES string of the molecule is C[C@H]1C[C@H]2C[C@H]3CC(c4ccc(N(c5ccc(-c6cccc(-n7c8ccccc8c8ccc9ccccc9c87)c6)cc5)c5ccc(-c6cccc7c6oc6ccccc67)cc5)cc4)(CC23)C1. The van der Waals surface area contributed by atoms with Gasteiger partial charge in [-0.15, -0.1) is 0 Å². The zero-order chi connectivity index (χ0) is 43.5. The first-order valence-electron chi connectivity index (χ1n) is 24.1. The number of aromatic nitrogens is 1. The first-order valence-corrected chi connectivity index (χ1v) is 24.1.